The van der Waals surface area contributed by atoms with Crippen molar-refractivity contribution in [3.63, 3.8) is 0 Å². The standard InChI is InChI=1S/C16H15BrClN/c17-14-7-6-13(9-15(14)18)16(19)12-5-4-10-2-1-3-11(10)8-12/h4-9,16H,1-3,19H2. The normalized spacial score (nSPS) is 15.3. The van der Waals surface area contributed by atoms with Gasteiger partial charge < -0.3 is 5.73 Å². The third kappa shape index (κ3) is 2.58. The fourth-order valence-corrected chi connectivity index (χ4v) is 3.12. The highest BCUT2D eigenvalue weighted by Crippen LogP contribution is 2.30. The van der Waals surface area contributed by atoms with E-state index in [1.54, 1.807) is 0 Å². The molecule has 0 bridgehead atoms. The first kappa shape index (κ1) is 13.2. The van der Waals surface area contributed by atoms with Gasteiger partial charge in [0.05, 0.1) is 11.1 Å². The van der Waals surface area contributed by atoms with Gasteiger partial charge in [0.2, 0.25) is 0 Å². The van der Waals surface area contributed by atoms with Gasteiger partial charge in [-0.3, -0.25) is 0 Å². The number of hydrogen-bond acceptors (Lipinski definition) is 1. The van der Waals surface area contributed by atoms with E-state index in [2.05, 4.69) is 34.1 Å². The molecule has 0 saturated carbocycles. The van der Waals surface area contributed by atoms with Crippen molar-refractivity contribution >= 4 is 27.5 Å². The van der Waals surface area contributed by atoms with Gasteiger partial charge in [-0.15, -0.1) is 0 Å². The van der Waals surface area contributed by atoms with Crippen LogP contribution in [0.5, 0.6) is 0 Å². The zero-order valence-corrected chi connectivity index (χ0v) is 12.8. The molecule has 2 N–H and O–H groups in total. The summed E-state index contributed by atoms with van der Waals surface area (Å²) in [7, 11) is 0. The number of benzene rings is 2. The minimum atomic E-state index is -0.114. The summed E-state index contributed by atoms with van der Waals surface area (Å²) in [5.74, 6) is 0. The molecule has 0 aromatic heterocycles. The van der Waals surface area contributed by atoms with Gasteiger partial charge in [-0.25, -0.2) is 0 Å². The summed E-state index contributed by atoms with van der Waals surface area (Å²) in [6.45, 7) is 0. The van der Waals surface area contributed by atoms with Crippen molar-refractivity contribution in [2.24, 2.45) is 5.73 Å². The van der Waals surface area contributed by atoms with Crippen molar-refractivity contribution in [1.82, 2.24) is 0 Å². The smallest absolute Gasteiger partial charge is 0.0552 e. The highest BCUT2D eigenvalue weighted by molar-refractivity contribution is 9.10. The van der Waals surface area contributed by atoms with Crippen molar-refractivity contribution in [3.05, 3.63) is 68.1 Å². The first-order valence-corrected chi connectivity index (χ1v) is 7.64. The lowest BCUT2D eigenvalue weighted by atomic mass is 9.96. The lowest BCUT2D eigenvalue weighted by molar-refractivity contribution is 0.867. The van der Waals surface area contributed by atoms with Gasteiger partial charge in [0.1, 0.15) is 0 Å². The Bertz CT molecular complexity index is 624. The Balaban J connectivity index is 1.94. The van der Waals surface area contributed by atoms with Crippen molar-refractivity contribution in [2.45, 2.75) is 25.3 Å². The molecule has 1 atom stereocenters. The quantitative estimate of drug-likeness (QED) is 0.849. The SMILES string of the molecule is NC(c1ccc(Br)c(Cl)c1)c1ccc2c(c1)CCC2. The van der Waals surface area contributed by atoms with Gasteiger partial charge in [-0.2, -0.15) is 0 Å². The van der Waals surface area contributed by atoms with E-state index in [0.29, 0.717) is 5.02 Å². The highest BCUT2D eigenvalue weighted by Gasteiger charge is 2.15. The van der Waals surface area contributed by atoms with Crippen LogP contribution in [0.2, 0.25) is 5.02 Å². The first-order chi connectivity index (χ1) is 9.15. The molecule has 98 valence electrons. The molecule has 1 unspecified atom stereocenters. The molecule has 1 aliphatic rings. The largest absolute Gasteiger partial charge is 0.320 e. The minimum absolute atomic E-state index is 0.114. The average Bonchev–Trinajstić information content (AvgIpc) is 2.88. The van der Waals surface area contributed by atoms with Crippen molar-refractivity contribution < 1.29 is 0 Å². The number of fused-ring (bicyclic) bond motifs is 1. The zero-order chi connectivity index (χ0) is 13.4. The summed E-state index contributed by atoms with van der Waals surface area (Å²) in [6, 6.07) is 12.4. The maximum Gasteiger partial charge on any atom is 0.0552 e. The van der Waals surface area contributed by atoms with Crippen LogP contribution in [0.25, 0.3) is 0 Å². The van der Waals surface area contributed by atoms with Gasteiger partial charge in [-0.05, 0) is 69.6 Å². The van der Waals surface area contributed by atoms with Crippen LogP contribution in [0.3, 0.4) is 0 Å². The summed E-state index contributed by atoms with van der Waals surface area (Å²) < 4.78 is 0.902. The second kappa shape index (κ2) is 5.28. The Morgan fingerprint density at radius 2 is 1.68 bits per heavy atom. The van der Waals surface area contributed by atoms with Crippen molar-refractivity contribution in [2.75, 3.05) is 0 Å². The lowest BCUT2D eigenvalue weighted by Gasteiger charge is -2.15. The maximum atomic E-state index is 6.36. The second-order valence-electron chi connectivity index (χ2n) is 5.03. The Kier molecular flexibility index (Phi) is 3.66. The predicted octanol–water partition coefficient (Wildman–Crippen LogP) is 4.64. The van der Waals surface area contributed by atoms with Gasteiger partial charge in [0, 0.05) is 4.47 Å². The monoisotopic (exact) mass is 335 g/mol. The first-order valence-electron chi connectivity index (χ1n) is 6.47. The van der Waals surface area contributed by atoms with Gasteiger partial charge >= 0.3 is 0 Å². The van der Waals surface area contributed by atoms with Crippen LogP contribution in [-0.2, 0) is 12.8 Å². The van der Waals surface area contributed by atoms with E-state index in [9.17, 15) is 0 Å². The molecule has 3 rings (SSSR count). The van der Waals surface area contributed by atoms with Crippen LogP contribution >= 0.6 is 27.5 Å². The fourth-order valence-electron chi connectivity index (χ4n) is 2.68. The predicted molar refractivity (Wildman–Crippen MR) is 83.6 cm³/mol. The Morgan fingerprint density at radius 1 is 1.00 bits per heavy atom. The van der Waals surface area contributed by atoms with Crippen LogP contribution < -0.4 is 5.73 Å². The van der Waals surface area contributed by atoms with Crippen LogP contribution in [-0.4, -0.2) is 0 Å². The van der Waals surface area contributed by atoms with Gasteiger partial charge in [0.15, 0.2) is 0 Å². The molecule has 0 saturated heterocycles. The molecule has 1 aliphatic carbocycles. The molecule has 0 radical (unpaired) electrons. The van der Waals surface area contributed by atoms with Crippen LogP contribution in [0.15, 0.2) is 40.9 Å². The van der Waals surface area contributed by atoms with Crippen LogP contribution in [0.4, 0.5) is 0 Å². The van der Waals surface area contributed by atoms with E-state index < -0.39 is 0 Å². The van der Waals surface area contributed by atoms with E-state index >= 15 is 0 Å². The number of halogens is 2. The zero-order valence-electron chi connectivity index (χ0n) is 10.5. The molecule has 19 heavy (non-hydrogen) atoms. The molecule has 0 amide bonds. The van der Waals surface area contributed by atoms with E-state index in [0.717, 1.165) is 10.0 Å². The molecule has 0 spiro atoms. The molecule has 0 heterocycles. The Hall–Kier alpha value is -0.830. The topological polar surface area (TPSA) is 26.0 Å². The minimum Gasteiger partial charge on any atom is -0.320 e. The average molecular weight is 337 g/mol. The fraction of sp³-hybridized carbons (Fsp3) is 0.250. The van der Waals surface area contributed by atoms with E-state index in [1.807, 2.05) is 18.2 Å². The number of rotatable bonds is 2. The molecule has 2 aromatic carbocycles. The summed E-state index contributed by atoms with van der Waals surface area (Å²) in [4.78, 5) is 0. The molecule has 3 heteroatoms. The summed E-state index contributed by atoms with van der Waals surface area (Å²) in [5.41, 5.74) is 11.5. The second-order valence-corrected chi connectivity index (χ2v) is 6.29. The van der Waals surface area contributed by atoms with Crippen LogP contribution in [0, 0.1) is 0 Å². The Morgan fingerprint density at radius 3 is 2.47 bits per heavy atom. The van der Waals surface area contributed by atoms with Gasteiger partial charge in [-0.1, -0.05) is 35.9 Å². The van der Waals surface area contributed by atoms with Crippen LogP contribution in [0.1, 0.15) is 34.7 Å². The molecule has 0 fully saturated rings. The molecule has 2 aromatic rings. The summed E-state index contributed by atoms with van der Waals surface area (Å²) in [5, 5.41) is 0.703. The molecular weight excluding hydrogens is 322 g/mol. The Labute approximate surface area is 126 Å². The third-order valence-electron chi connectivity index (χ3n) is 3.78. The summed E-state index contributed by atoms with van der Waals surface area (Å²) in [6.07, 6.45) is 3.64. The van der Waals surface area contributed by atoms with E-state index in [-0.39, 0.29) is 6.04 Å². The highest BCUT2D eigenvalue weighted by atomic mass is 79.9. The maximum absolute atomic E-state index is 6.36. The number of nitrogens with two attached hydrogens (primary N) is 1. The van der Waals surface area contributed by atoms with Gasteiger partial charge in [0.25, 0.3) is 0 Å². The molecular formula is C16H15BrClN. The number of aryl methyl sites for hydroxylation is 2. The molecule has 0 aliphatic heterocycles. The van der Waals surface area contributed by atoms with E-state index in [1.165, 1.54) is 36.0 Å². The van der Waals surface area contributed by atoms with Crippen molar-refractivity contribution in [1.29, 1.82) is 0 Å². The van der Waals surface area contributed by atoms with Crippen molar-refractivity contribution in [3.8, 4) is 0 Å². The lowest BCUT2D eigenvalue weighted by Crippen LogP contribution is -2.12. The number of hydrogen-bond donors (Lipinski definition) is 1. The summed E-state index contributed by atoms with van der Waals surface area (Å²) >= 11 is 9.54. The molecule has 1 nitrogen and oxygen atoms in total. The third-order valence-corrected chi connectivity index (χ3v) is 5.02. The van der Waals surface area contributed by atoms with E-state index in [4.69, 9.17) is 17.3 Å².